The SMILES string of the molecule is CNC(=S)N1Cc2[nH]c3ccccc3c2[C@H](C(=O)O)C1. The van der Waals surface area contributed by atoms with Gasteiger partial charge in [-0.3, -0.25) is 4.79 Å². The number of para-hydroxylation sites is 1. The van der Waals surface area contributed by atoms with Crippen LogP contribution in [0.5, 0.6) is 0 Å². The number of thiocarbonyl (C=S) groups is 1. The molecular formula is C14H15N3O2S. The van der Waals surface area contributed by atoms with Gasteiger partial charge in [0.1, 0.15) is 5.92 Å². The van der Waals surface area contributed by atoms with Crippen LogP contribution in [-0.4, -0.2) is 39.7 Å². The van der Waals surface area contributed by atoms with Crippen molar-refractivity contribution in [2.75, 3.05) is 13.6 Å². The molecule has 5 nitrogen and oxygen atoms in total. The van der Waals surface area contributed by atoms with Gasteiger partial charge in [0.2, 0.25) is 0 Å². The van der Waals surface area contributed by atoms with Gasteiger partial charge in [0, 0.05) is 30.2 Å². The highest BCUT2D eigenvalue weighted by atomic mass is 32.1. The van der Waals surface area contributed by atoms with Crippen molar-refractivity contribution in [3.05, 3.63) is 35.5 Å². The van der Waals surface area contributed by atoms with Crippen molar-refractivity contribution in [1.82, 2.24) is 15.2 Å². The predicted octanol–water partition coefficient (Wildman–Crippen LogP) is 1.66. The average molecular weight is 289 g/mol. The second-order valence-corrected chi connectivity index (χ2v) is 5.28. The molecule has 2 heterocycles. The summed E-state index contributed by atoms with van der Waals surface area (Å²) in [6.07, 6.45) is 0. The number of carboxylic acid groups (broad SMARTS) is 1. The number of hydrogen-bond acceptors (Lipinski definition) is 2. The van der Waals surface area contributed by atoms with Crippen LogP contribution >= 0.6 is 12.2 Å². The summed E-state index contributed by atoms with van der Waals surface area (Å²) in [4.78, 5) is 16.8. The Labute approximate surface area is 121 Å². The van der Waals surface area contributed by atoms with Crippen molar-refractivity contribution in [2.45, 2.75) is 12.5 Å². The first-order valence-electron chi connectivity index (χ1n) is 6.40. The number of hydrogen-bond donors (Lipinski definition) is 3. The van der Waals surface area contributed by atoms with Crippen LogP contribution in [-0.2, 0) is 11.3 Å². The summed E-state index contributed by atoms with van der Waals surface area (Å²) in [7, 11) is 1.75. The monoisotopic (exact) mass is 289 g/mol. The van der Waals surface area contributed by atoms with Crippen molar-refractivity contribution in [2.24, 2.45) is 0 Å². The average Bonchev–Trinajstić information content (AvgIpc) is 2.83. The largest absolute Gasteiger partial charge is 0.481 e. The molecule has 2 aromatic rings. The van der Waals surface area contributed by atoms with Gasteiger partial charge >= 0.3 is 5.97 Å². The van der Waals surface area contributed by atoms with Gasteiger partial charge < -0.3 is 20.3 Å². The molecule has 0 bridgehead atoms. The molecule has 3 rings (SSSR count). The lowest BCUT2D eigenvalue weighted by molar-refractivity contribution is -0.139. The van der Waals surface area contributed by atoms with E-state index in [9.17, 15) is 9.90 Å². The second-order valence-electron chi connectivity index (χ2n) is 4.89. The number of aromatic nitrogens is 1. The molecule has 1 atom stereocenters. The summed E-state index contributed by atoms with van der Waals surface area (Å²) in [6, 6.07) is 7.80. The Morgan fingerprint density at radius 3 is 2.95 bits per heavy atom. The molecule has 0 radical (unpaired) electrons. The lowest BCUT2D eigenvalue weighted by Gasteiger charge is -2.32. The summed E-state index contributed by atoms with van der Waals surface area (Å²) in [6.45, 7) is 0.997. The number of aromatic amines is 1. The number of nitrogens with one attached hydrogen (secondary N) is 2. The van der Waals surface area contributed by atoms with Crippen LogP contribution in [0.2, 0.25) is 0 Å². The molecule has 1 aliphatic rings. The number of carbonyl (C=O) groups is 1. The Morgan fingerprint density at radius 2 is 2.25 bits per heavy atom. The Bertz CT molecular complexity index is 695. The van der Waals surface area contributed by atoms with E-state index in [1.54, 1.807) is 7.05 Å². The smallest absolute Gasteiger partial charge is 0.312 e. The van der Waals surface area contributed by atoms with Gasteiger partial charge in [-0.2, -0.15) is 0 Å². The van der Waals surface area contributed by atoms with E-state index in [-0.39, 0.29) is 0 Å². The number of benzene rings is 1. The molecule has 0 unspecified atom stereocenters. The van der Waals surface area contributed by atoms with E-state index < -0.39 is 11.9 Å². The Balaban J connectivity index is 2.14. The Kier molecular flexibility index (Phi) is 3.10. The van der Waals surface area contributed by atoms with Gasteiger partial charge in [0.15, 0.2) is 5.11 Å². The molecule has 1 aromatic carbocycles. The van der Waals surface area contributed by atoms with E-state index in [2.05, 4.69) is 10.3 Å². The van der Waals surface area contributed by atoms with E-state index in [1.807, 2.05) is 29.2 Å². The van der Waals surface area contributed by atoms with Crippen LogP contribution in [0.3, 0.4) is 0 Å². The molecule has 3 N–H and O–H groups in total. The van der Waals surface area contributed by atoms with Gasteiger partial charge in [0.05, 0.1) is 6.54 Å². The highest BCUT2D eigenvalue weighted by molar-refractivity contribution is 7.80. The van der Waals surface area contributed by atoms with Crippen molar-refractivity contribution >= 4 is 34.2 Å². The minimum absolute atomic E-state index is 0.393. The minimum Gasteiger partial charge on any atom is -0.481 e. The van der Waals surface area contributed by atoms with Crippen LogP contribution in [0.25, 0.3) is 10.9 Å². The maximum absolute atomic E-state index is 11.6. The number of rotatable bonds is 1. The van der Waals surface area contributed by atoms with E-state index in [1.165, 1.54) is 0 Å². The summed E-state index contributed by atoms with van der Waals surface area (Å²) in [5.74, 6) is -1.39. The molecule has 0 amide bonds. The fraction of sp³-hybridized carbons (Fsp3) is 0.286. The lowest BCUT2D eigenvalue weighted by Crippen LogP contribution is -2.44. The molecule has 0 saturated heterocycles. The molecule has 0 aliphatic carbocycles. The highest BCUT2D eigenvalue weighted by Crippen LogP contribution is 2.34. The fourth-order valence-electron chi connectivity index (χ4n) is 2.82. The third kappa shape index (κ3) is 1.92. The predicted molar refractivity (Wildman–Crippen MR) is 80.7 cm³/mol. The molecule has 1 aromatic heterocycles. The standard InChI is InChI=1S/C14H15N3O2S/c1-15-14(20)17-6-9(13(18)19)12-8-4-2-3-5-10(8)16-11(12)7-17/h2-5,9,16H,6-7H2,1H3,(H,15,20)(H,18,19)/t9-/m1/s1. The zero-order valence-electron chi connectivity index (χ0n) is 11.0. The number of aliphatic carboxylic acids is 1. The van der Waals surface area contributed by atoms with Crippen LogP contribution in [0, 0.1) is 0 Å². The molecular weight excluding hydrogens is 274 g/mol. The normalized spacial score (nSPS) is 17.9. The van der Waals surface area contributed by atoms with E-state index >= 15 is 0 Å². The quantitative estimate of drug-likeness (QED) is 0.697. The van der Waals surface area contributed by atoms with Crippen molar-refractivity contribution < 1.29 is 9.90 Å². The van der Waals surface area contributed by atoms with E-state index in [4.69, 9.17) is 12.2 Å². The highest BCUT2D eigenvalue weighted by Gasteiger charge is 2.34. The maximum Gasteiger partial charge on any atom is 0.312 e. The Morgan fingerprint density at radius 1 is 1.50 bits per heavy atom. The van der Waals surface area contributed by atoms with Gasteiger partial charge in [-0.05, 0) is 23.8 Å². The third-order valence-electron chi connectivity index (χ3n) is 3.73. The van der Waals surface area contributed by atoms with Crippen molar-refractivity contribution in [1.29, 1.82) is 0 Å². The molecule has 0 fully saturated rings. The van der Waals surface area contributed by atoms with Crippen molar-refractivity contribution in [3.8, 4) is 0 Å². The molecule has 1 aliphatic heterocycles. The summed E-state index contributed by atoms with van der Waals surface area (Å²) >= 11 is 5.23. The summed E-state index contributed by atoms with van der Waals surface area (Å²) in [5, 5.41) is 14.0. The van der Waals surface area contributed by atoms with E-state index in [0.29, 0.717) is 18.2 Å². The van der Waals surface area contributed by atoms with Crippen molar-refractivity contribution in [3.63, 3.8) is 0 Å². The number of carboxylic acids is 1. The fourth-order valence-corrected chi connectivity index (χ4v) is 2.96. The molecule has 0 spiro atoms. The zero-order valence-corrected chi connectivity index (χ0v) is 11.8. The summed E-state index contributed by atoms with van der Waals surface area (Å²) in [5.41, 5.74) is 2.80. The van der Waals surface area contributed by atoms with Crippen LogP contribution in [0.1, 0.15) is 17.2 Å². The number of nitrogens with zero attached hydrogens (tertiary/aromatic N) is 1. The van der Waals surface area contributed by atoms with Gasteiger partial charge in [-0.15, -0.1) is 0 Å². The third-order valence-corrected chi connectivity index (χ3v) is 4.19. The number of fused-ring (bicyclic) bond motifs is 3. The first-order chi connectivity index (χ1) is 9.61. The zero-order chi connectivity index (χ0) is 14.3. The number of H-pyrrole nitrogens is 1. The first kappa shape index (κ1) is 12.9. The topological polar surface area (TPSA) is 68.4 Å². The van der Waals surface area contributed by atoms with Crippen LogP contribution in [0.4, 0.5) is 0 Å². The molecule has 6 heteroatoms. The maximum atomic E-state index is 11.6. The minimum atomic E-state index is -0.820. The van der Waals surface area contributed by atoms with Crippen LogP contribution < -0.4 is 5.32 Å². The lowest BCUT2D eigenvalue weighted by atomic mass is 9.92. The van der Waals surface area contributed by atoms with Gasteiger partial charge in [0.25, 0.3) is 0 Å². The Hall–Kier alpha value is -2.08. The second kappa shape index (κ2) is 4.79. The van der Waals surface area contributed by atoms with Gasteiger partial charge in [-0.1, -0.05) is 18.2 Å². The first-order valence-corrected chi connectivity index (χ1v) is 6.81. The van der Waals surface area contributed by atoms with E-state index in [0.717, 1.165) is 22.2 Å². The molecule has 104 valence electrons. The summed E-state index contributed by atoms with van der Waals surface area (Å²) < 4.78 is 0. The van der Waals surface area contributed by atoms with Gasteiger partial charge in [-0.25, -0.2) is 0 Å². The van der Waals surface area contributed by atoms with Crippen LogP contribution in [0.15, 0.2) is 24.3 Å². The molecule has 0 saturated carbocycles. The molecule has 20 heavy (non-hydrogen) atoms.